The number of aldehydes is 1. The standard InChI is InChI=1S/C23H20F4N4O2.C2H6/c1-31(2)22(28)30-23(13-32,15-4-7-17(8-5-15)33-21(26)27)16-6-9-19(24)18(11-16)14-3-10-20(25)29-12-14;1-2/h3-13,21H,1-2H3,(H2,28,30);1-2H3. The number of aromatic nitrogens is 1. The molecule has 1 atom stereocenters. The molecule has 0 spiro atoms. The number of benzene rings is 2. The summed E-state index contributed by atoms with van der Waals surface area (Å²) in [4.78, 5) is 22.0. The number of nitrogens with two attached hydrogens (primary N) is 1. The van der Waals surface area contributed by atoms with Gasteiger partial charge in [0.1, 0.15) is 11.6 Å². The summed E-state index contributed by atoms with van der Waals surface area (Å²) in [5.41, 5.74) is 5.12. The largest absolute Gasteiger partial charge is 0.435 e. The highest BCUT2D eigenvalue weighted by molar-refractivity contribution is 5.85. The second kappa shape index (κ2) is 12.0. The second-order valence-corrected chi connectivity index (χ2v) is 7.22. The zero-order valence-corrected chi connectivity index (χ0v) is 19.7. The van der Waals surface area contributed by atoms with Gasteiger partial charge in [-0.25, -0.2) is 14.4 Å². The molecule has 0 bridgehead atoms. The zero-order chi connectivity index (χ0) is 26.2. The summed E-state index contributed by atoms with van der Waals surface area (Å²) in [6.45, 7) is 0.984. The fourth-order valence-electron chi connectivity index (χ4n) is 3.15. The van der Waals surface area contributed by atoms with E-state index in [1.54, 1.807) is 14.1 Å². The highest BCUT2D eigenvalue weighted by atomic mass is 19.3. The molecule has 1 aromatic heterocycles. The maximum absolute atomic E-state index is 14.6. The Hall–Kier alpha value is -3.95. The number of halogens is 4. The number of ether oxygens (including phenoxy) is 1. The molecule has 2 N–H and O–H groups in total. The van der Waals surface area contributed by atoms with Crippen LogP contribution in [0.4, 0.5) is 17.6 Å². The van der Waals surface area contributed by atoms with Crippen LogP contribution in [0, 0.1) is 11.8 Å². The molecule has 0 aliphatic rings. The first-order chi connectivity index (χ1) is 16.7. The van der Waals surface area contributed by atoms with Gasteiger partial charge in [-0.2, -0.15) is 13.2 Å². The highest BCUT2D eigenvalue weighted by Gasteiger charge is 2.35. The number of carbonyl (C=O) groups excluding carboxylic acids is 1. The molecule has 0 aliphatic carbocycles. The summed E-state index contributed by atoms with van der Waals surface area (Å²) in [6, 6.07) is 11.6. The van der Waals surface area contributed by atoms with Crippen LogP contribution in [0.25, 0.3) is 11.1 Å². The fourth-order valence-corrected chi connectivity index (χ4v) is 3.15. The molecule has 3 rings (SSSR count). The van der Waals surface area contributed by atoms with Crippen molar-refractivity contribution in [2.24, 2.45) is 10.7 Å². The smallest absolute Gasteiger partial charge is 0.387 e. The molecule has 0 aliphatic heterocycles. The van der Waals surface area contributed by atoms with Gasteiger partial charge in [-0.1, -0.05) is 32.0 Å². The van der Waals surface area contributed by atoms with Crippen LogP contribution >= 0.6 is 0 Å². The van der Waals surface area contributed by atoms with Gasteiger partial charge in [-0.3, -0.25) is 4.79 Å². The van der Waals surface area contributed by atoms with Gasteiger partial charge in [-0.15, -0.1) is 0 Å². The van der Waals surface area contributed by atoms with E-state index >= 15 is 0 Å². The molecule has 0 fully saturated rings. The molecule has 0 saturated carbocycles. The van der Waals surface area contributed by atoms with Crippen LogP contribution in [0.15, 0.2) is 65.8 Å². The molecule has 1 heterocycles. The Morgan fingerprint density at radius 2 is 1.69 bits per heavy atom. The summed E-state index contributed by atoms with van der Waals surface area (Å²) in [5.74, 6) is -1.48. The van der Waals surface area contributed by atoms with Crippen LogP contribution in [0.2, 0.25) is 0 Å². The molecular weight excluding hydrogens is 464 g/mol. The number of hydrogen-bond acceptors (Lipinski definition) is 4. The first-order valence-corrected chi connectivity index (χ1v) is 10.6. The number of rotatable bonds is 7. The van der Waals surface area contributed by atoms with Crippen LogP contribution in [-0.2, 0) is 10.3 Å². The molecule has 1 unspecified atom stereocenters. The van der Waals surface area contributed by atoms with Crippen molar-refractivity contribution in [2.75, 3.05) is 14.1 Å². The normalized spacial score (nSPS) is 12.9. The maximum Gasteiger partial charge on any atom is 0.387 e. The zero-order valence-electron chi connectivity index (χ0n) is 19.7. The maximum atomic E-state index is 14.6. The molecule has 0 saturated heterocycles. The Labute approximate surface area is 201 Å². The minimum atomic E-state index is -3.02. The summed E-state index contributed by atoms with van der Waals surface area (Å²) >= 11 is 0. The molecule has 0 amide bonds. The molecule has 186 valence electrons. The third-order valence-corrected chi connectivity index (χ3v) is 4.88. The Kier molecular flexibility index (Phi) is 9.33. The van der Waals surface area contributed by atoms with Crippen molar-refractivity contribution in [3.05, 3.63) is 83.7 Å². The first kappa shape index (κ1) is 27.3. The summed E-state index contributed by atoms with van der Waals surface area (Å²) in [6.07, 6.45) is 1.68. The molecule has 0 radical (unpaired) electrons. The molecule has 2 aromatic carbocycles. The Morgan fingerprint density at radius 1 is 1.06 bits per heavy atom. The molecular formula is C25H26F4N4O2. The topological polar surface area (TPSA) is 80.8 Å². The minimum Gasteiger partial charge on any atom is -0.435 e. The lowest BCUT2D eigenvalue weighted by Gasteiger charge is -2.28. The van der Waals surface area contributed by atoms with E-state index in [2.05, 4.69) is 14.7 Å². The third-order valence-electron chi connectivity index (χ3n) is 4.88. The summed E-state index contributed by atoms with van der Waals surface area (Å²) in [5, 5.41) is 0. The van der Waals surface area contributed by atoms with E-state index in [1.165, 1.54) is 47.4 Å². The first-order valence-electron chi connectivity index (χ1n) is 10.6. The summed E-state index contributed by atoms with van der Waals surface area (Å²) in [7, 11) is 3.24. The molecule has 3 aromatic rings. The van der Waals surface area contributed by atoms with Crippen molar-refractivity contribution in [3.63, 3.8) is 0 Å². The van der Waals surface area contributed by atoms with Crippen LogP contribution in [0.3, 0.4) is 0 Å². The lowest BCUT2D eigenvalue weighted by molar-refractivity contribution is -0.111. The molecule has 35 heavy (non-hydrogen) atoms. The number of hydrogen-bond donors (Lipinski definition) is 1. The second-order valence-electron chi connectivity index (χ2n) is 7.22. The summed E-state index contributed by atoms with van der Waals surface area (Å²) < 4.78 is 57.3. The van der Waals surface area contributed by atoms with Crippen molar-refractivity contribution in [1.82, 2.24) is 9.88 Å². The predicted octanol–water partition coefficient (Wildman–Crippen LogP) is 4.97. The van der Waals surface area contributed by atoms with E-state index in [0.29, 0.717) is 6.29 Å². The predicted molar refractivity (Wildman–Crippen MR) is 126 cm³/mol. The number of aliphatic imine (C=N–C) groups is 1. The number of nitrogens with zero attached hydrogens (tertiary/aromatic N) is 3. The van der Waals surface area contributed by atoms with Gasteiger partial charge in [0.05, 0.1) is 0 Å². The van der Waals surface area contributed by atoms with Crippen molar-refractivity contribution in [1.29, 1.82) is 0 Å². The van der Waals surface area contributed by atoms with E-state index in [0.717, 1.165) is 18.3 Å². The highest BCUT2D eigenvalue weighted by Crippen LogP contribution is 2.36. The van der Waals surface area contributed by atoms with Crippen LogP contribution in [0.1, 0.15) is 25.0 Å². The minimum absolute atomic E-state index is 0.00988. The quantitative estimate of drug-likeness (QED) is 0.166. The molecule has 10 heteroatoms. The van der Waals surface area contributed by atoms with E-state index in [4.69, 9.17) is 5.73 Å². The van der Waals surface area contributed by atoms with Crippen molar-refractivity contribution < 1.29 is 27.1 Å². The number of guanidine groups is 1. The SMILES string of the molecule is CC.CN(C)C(N)=NC(C=O)(c1ccc(OC(F)F)cc1)c1ccc(F)c(-c2ccc(F)nc2)c1. The van der Waals surface area contributed by atoms with E-state index < -0.39 is 23.9 Å². The van der Waals surface area contributed by atoms with Crippen LogP contribution < -0.4 is 10.5 Å². The van der Waals surface area contributed by atoms with Crippen LogP contribution in [-0.4, -0.2) is 42.8 Å². The van der Waals surface area contributed by atoms with E-state index in [-0.39, 0.29) is 34.0 Å². The van der Waals surface area contributed by atoms with Crippen molar-refractivity contribution in [2.45, 2.75) is 26.0 Å². The number of pyridine rings is 1. The number of alkyl halides is 2. The lowest BCUT2D eigenvalue weighted by Crippen LogP contribution is -2.37. The van der Waals surface area contributed by atoms with Gasteiger partial charge < -0.3 is 15.4 Å². The van der Waals surface area contributed by atoms with Gasteiger partial charge in [0, 0.05) is 31.4 Å². The van der Waals surface area contributed by atoms with E-state index in [1.807, 2.05) is 13.8 Å². The average molecular weight is 491 g/mol. The molecule has 6 nitrogen and oxygen atoms in total. The van der Waals surface area contributed by atoms with Gasteiger partial charge >= 0.3 is 6.61 Å². The van der Waals surface area contributed by atoms with Crippen LogP contribution in [0.5, 0.6) is 5.75 Å². The van der Waals surface area contributed by atoms with Gasteiger partial charge in [-0.05, 0) is 47.5 Å². The van der Waals surface area contributed by atoms with Gasteiger partial charge in [0.25, 0.3) is 0 Å². The number of carbonyl (C=O) groups is 1. The third kappa shape index (κ3) is 6.34. The van der Waals surface area contributed by atoms with Gasteiger partial charge in [0.15, 0.2) is 17.8 Å². The van der Waals surface area contributed by atoms with E-state index in [9.17, 15) is 22.4 Å². The van der Waals surface area contributed by atoms with Gasteiger partial charge in [0.2, 0.25) is 5.95 Å². The lowest BCUT2D eigenvalue weighted by atomic mass is 9.83. The Bertz CT molecular complexity index is 1150. The monoisotopic (exact) mass is 490 g/mol. The van der Waals surface area contributed by atoms with Crippen molar-refractivity contribution >= 4 is 12.2 Å². The average Bonchev–Trinajstić information content (AvgIpc) is 2.85. The Morgan fingerprint density at radius 3 is 2.20 bits per heavy atom. The Balaban J connectivity index is 0.00000210. The fraction of sp³-hybridized carbons (Fsp3) is 0.240. The van der Waals surface area contributed by atoms with Crippen molar-refractivity contribution in [3.8, 4) is 16.9 Å².